The van der Waals surface area contributed by atoms with Crippen LogP contribution in [0.15, 0.2) is 24.4 Å². The predicted molar refractivity (Wildman–Crippen MR) is 67.1 cm³/mol. The minimum atomic E-state index is -0.436. The van der Waals surface area contributed by atoms with E-state index in [2.05, 4.69) is 25.4 Å². The van der Waals surface area contributed by atoms with Crippen molar-refractivity contribution in [1.82, 2.24) is 4.98 Å². The molecule has 1 aromatic heterocycles. The van der Waals surface area contributed by atoms with Crippen molar-refractivity contribution in [1.29, 1.82) is 0 Å². The fourth-order valence-corrected chi connectivity index (χ4v) is 2.40. The number of aromatic nitrogens is 1. The molecule has 1 nitrogen and oxygen atoms in total. The van der Waals surface area contributed by atoms with Gasteiger partial charge in [-0.1, -0.05) is 42.8 Å². The van der Waals surface area contributed by atoms with Gasteiger partial charge in [-0.05, 0) is 17.8 Å². The second-order valence-corrected chi connectivity index (χ2v) is 5.49. The monoisotopic (exact) mass is 237 g/mol. The summed E-state index contributed by atoms with van der Waals surface area (Å²) in [6.07, 6.45) is 3.58. The van der Waals surface area contributed by atoms with E-state index in [0.717, 1.165) is 18.1 Å². The Balaban J connectivity index is 2.27. The van der Waals surface area contributed by atoms with E-state index in [4.69, 9.17) is 11.6 Å². The Morgan fingerprint density at radius 2 is 2.25 bits per heavy atom. The maximum atomic E-state index is 13.3. The van der Waals surface area contributed by atoms with Gasteiger partial charge >= 0.3 is 0 Å². The van der Waals surface area contributed by atoms with Gasteiger partial charge in [0.2, 0.25) is 0 Å². The molecule has 0 aromatic carbocycles. The molecule has 1 aromatic rings. The molecule has 0 unspecified atom stereocenters. The second kappa shape index (κ2) is 3.88. The molecule has 84 valence electrons. The average molecular weight is 238 g/mol. The predicted octanol–water partition coefficient (Wildman–Crippen LogP) is 3.17. The molecule has 1 aliphatic rings. The quantitative estimate of drug-likeness (QED) is 0.415. The second-order valence-electron chi connectivity index (χ2n) is 5.13. The van der Waals surface area contributed by atoms with E-state index in [1.807, 2.05) is 0 Å². The smallest absolute Gasteiger partial charge is 0.182 e. The van der Waals surface area contributed by atoms with Gasteiger partial charge in [-0.3, -0.25) is 0 Å². The van der Waals surface area contributed by atoms with E-state index < -0.39 is 5.82 Å². The molecule has 16 heavy (non-hydrogen) atoms. The van der Waals surface area contributed by atoms with Gasteiger partial charge in [-0.25, -0.2) is 9.37 Å². The molecule has 1 aliphatic heterocycles. The van der Waals surface area contributed by atoms with Gasteiger partial charge in [-0.2, -0.15) is 0 Å². The fourth-order valence-electron chi connectivity index (χ4n) is 2.30. The molecule has 2 heterocycles. The Hall–Kier alpha value is -0.825. The van der Waals surface area contributed by atoms with Crippen LogP contribution in [0.5, 0.6) is 0 Å². The highest BCUT2D eigenvalue weighted by Crippen LogP contribution is 2.41. The molecule has 1 saturated heterocycles. The van der Waals surface area contributed by atoms with Crippen LogP contribution in [-0.4, -0.2) is 11.7 Å². The highest BCUT2D eigenvalue weighted by atomic mass is 35.5. The molecular weight excluding hydrogens is 223 g/mol. The average Bonchev–Trinajstić information content (AvgIpc) is 2.46. The summed E-state index contributed by atoms with van der Waals surface area (Å²) in [6.45, 7) is 8.75. The summed E-state index contributed by atoms with van der Waals surface area (Å²) < 4.78 is 13.3. The number of rotatable bonds is 1. The number of hydrogen-bond acceptors (Lipinski definition) is 1. The van der Waals surface area contributed by atoms with Crippen molar-refractivity contribution >= 4 is 23.8 Å². The van der Waals surface area contributed by atoms with Gasteiger partial charge < -0.3 is 0 Å². The Morgan fingerprint density at radius 3 is 2.75 bits per heavy atom. The maximum Gasteiger partial charge on any atom is 0.182 e. The largest absolute Gasteiger partial charge is 0.242 e. The molecule has 0 N–H and O–H groups in total. The van der Waals surface area contributed by atoms with Crippen LogP contribution >= 0.6 is 11.6 Å². The lowest BCUT2D eigenvalue weighted by Gasteiger charge is -2.18. The summed E-state index contributed by atoms with van der Waals surface area (Å²) in [7, 11) is 0. The van der Waals surface area contributed by atoms with Crippen molar-refractivity contribution in [2.75, 3.05) is 0 Å². The molecule has 0 aliphatic carbocycles. The lowest BCUT2D eigenvalue weighted by Crippen LogP contribution is -2.28. The molecule has 0 bridgehead atoms. The van der Waals surface area contributed by atoms with E-state index in [-0.39, 0.29) is 10.6 Å². The van der Waals surface area contributed by atoms with Gasteiger partial charge in [0.05, 0.1) is 0 Å². The minimum absolute atomic E-state index is 0.0557. The van der Waals surface area contributed by atoms with Crippen LogP contribution in [0.25, 0.3) is 0 Å². The standard InChI is InChI=1S/C12H14BClFN/c1-8-5-13(7-12(8,2)3)9-4-10(15)11(14)16-6-9/h4,6H,1,5,7H2,2-3H3. The van der Waals surface area contributed by atoms with Crippen molar-refractivity contribution in [2.45, 2.75) is 26.5 Å². The van der Waals surface area contributed by atoms with Crippen molar-refractivity contribution in [2.24, 2.45) is 5.41 Å². The van der Waals surface area contributed by atoms with Gasteiger partial charge in [0.15, 0.2) is 17.7 Å². The highest BCUT2D eigenvalue weighted by molar-refractivity contribution is 6.74. The topological polar surface area (TPSA) is 12.9 Å². The molecule has 1 fully saturated rings. The van der Waals surface area contributed by atoms with E-state index in [9.17, 15) is 4.39 Å². The number of allylic oxidation sites excluding steroid dienone is 1. The van der Waals surface area contributed by atoms with Crippen LogP contribution in [-0.2, 0) is 0 Å². The molecule has 2 rings (SSSR count). The third kappa shape index (κ3) is 2.01. The van der Waals surface area contributed by atoms with Crippen LogP contribution < -0.4 is 5.46 Å². The number of nitrogens with zero attached hydrogens (tertiary/aromatic N) is 1. The van der Waals surface area contributed by atoms with E-state index >= 15 is 0 Å². The van der Waals surface area contributed by atoms with Crippen molar-refractivity contribution < 1.29 is 4.39 Å². The van der Waals surface area contributed by atoms with E-state index in [1.165, 1.54) is 11.6 Å². The zero-order valence-corrected chi connectivity index (χ0v) is 10.3. The van der Waals surface area contributed by atoms with Crippen molar-refractivity contribution in [3.8, 4) is 0 Å². The first-order chi connectivity index (χ1) is 7.40. The fraction of sp³-hybridized carbons (Fsp3) is 0.417. The molecule has 0 saturated carbocycles. The van der Waals surface area contributed by atoms with Crippen molar-refractivity contribution in [3.05, 3.63) is 35.4 Å². The lowest BCUT2D eigenvalue weighted by molar-refractivity contribution is 0.523. The third-order valence-corrected chi connectivity index (χ3v) is 3.77. The molecule has 0 radical (unpaired) electrons. The molecule has 0 amide bonds. The van der Waals surface area contributed by atoms with Gasteiger partial charge in [0.25, 0.3) is 0 Å². The summed E-state index contributed by atoms with van der Waals surface area (Å²) >= 11 is 5.57. The SMILES string of the molecule is C=C1CB(c2cnc(Cl)c(F)c2)CC1(C)C. The Labute approximate surface area is 101 Å². The Bertz CT molecular complexity index is 445. The summed E-state index contributed by atoms with van der Waals surface area (Å²) in [5, 5.41) is -0.0557. The molecule has 0 spiro atoms. The van der Waals surface area contributed by atoms with Gasteiger partial charge in [-0.15, -0.1) is 6.58 Å². The van der Waals surface area contributed by atoms with E-state index in [1.54, 1.807) is 6.20 Å². The molecular formula is C12H14BClFN. The first-order valence-electron chi connectivity index (χ1n) is 5.39. The number of halogens is 2. The normalized spacial score (nSPS) is 19.2. The highest BCUT2D eigenvalue weighted by Gasteiger charge is 2.37. The summed E-state index contributed by atoms with van der Waals surface area (Å²) in [4.78, 5) is 3.86. The van der Waals surface area contributed by atoms with Crippen LogP contribution in [0.2, 0.25) is 17.8 Å². The summed E-state index contributed by atoms with van der Waals surface area (Å²) in [5.74, 6) is -0.436. The third-order valence-electron chi connectivity index (χ3n) is 3.50. The zero-order chi connectivity index (χ0) is 11.9. The van der Waals surface area contributed by atoms with E-state index in [0.29, 0.717) is 6.71 Å². The maximum absolute atomic E-state index is 13.3. The van der Waals surface area contributed by atoms with Gasteiger partial charge in [0.1, 0.15) is 0 Å². The number of hydrogen-bond donors (Lipinski definition) is 0. The zero-order valence-electron chi connectivity index (χ0n) is 9.56. The summed E-state index contributed by atoms with van der Waals surface area (Å²) in [6, 6.07) is 1.49. The Kier molecular flexibility index (Phi) is 2.83. The minimum Gasteiger partial charge on any atom is -0.242 e. The molecule has 0 atom stereocenters. The van der Waals surface area contributed by atoms with Crippen LogP contribution in [0.3, 0.4) is 0 Å². The Morgan fingerprint density at radius 1 is 1.56 bits per heavy atom. The van der Waals surface area contributed by atoms with Crippen LogP contribution in [0.1, 0.15) is 13.8 Å². The molecule has 4 heteroatoms. The first kappa shape index (κ1) is 11.7. The number of pyridine rings is 1. The summed E-state index contributed by atoms with van der Waals surface area (Å²) in [5.41, 5.74) is 2.29. The van der Waals surface area contributed by atoms with Crippen molar-refractivity contribution in [3.63, 3.8) is 0 Å². The van der Waals surface area contributed by atoms with Gasteiger partial charge in [0, 0.05) is 6.20 Å². The lowest BCUT2D eigenvalue weighted by atomic mass is 9.43. The van der Waals surface area contributed by atoms with Crippen LogP contribution in [0, 0.1) is 11.2 Å². The van der Waals surface area contributed by atoms with Crippen LogP contribution in [0.4, 0.5) is 4.39 Å². The first-order valence-corrected chi connectivity index (χ1v) is 5.77.